The molecular weight excluding hydrogens is 712 g/mol. The molecule has 43 heavy (non-hydrogen) atoms. The Morgan fingerprint density at radius 1 is 0.349 bits per heavy atom. The minimum Gasteiger partial charge on any atom is -0.756 e. The average molecular weight is 780 g/mol. The van der Waals surface area contributed by atoms with Crippen LogP contribution in [-0.4, -0.2) is 75.3 Å². The van der Waals surface area contributed by atoms with Crippen LogP contribution in [0.15, 0.2) is 0 Å². The van der Waals surface area contributed by atoms with Crippen molar-refractivity contribution in [2.45, 2.75) is 182 Å². The van der Waals surface area contributed by atoms with E-state index in [0.29, 0.717) is 0 Å². The molecule has 256 valence electrons. The first-order valence-corrected chi connectivity index (χ1v) is 20.4. The predicted molar refractivity (Wildman–Crippen MR) is 178 cm³/mol. The minimum atomic E-state index is -4.07. The van der Waals surface area contributed by atoms with Gasteiger partial charge < -0.3 is 27.9 Å². The molecule has 0 spiro atoms. The largest absolute Gasteiger partial charge is 2.00 e. The van der Waals surface area contributed by atoms with Crippen LogP contribution in [0.25, 0.3) is 0 Å². The molecule has 0 heterocycles. The maximum Gasteiger partial charge on any atom is 2.00 e. The van der Waals surface area contributed by atoms with Gasteiger partial charge in [-0.15, -0.1) is 0 Å². The van der Waals surface area contributed by atoms with Crippen LogP contribution in [0, 0.1) is 0 Å². The maximum atomic E-state index is 11.5. The van der Waals surface area contributed by atoms with Crippen LogP contribution in [0.5, 0.6) is 0 Å². The fraction of sp³-hybridized carbons (Fsp3) is 1.00. The van der Waals surface area contributed by atoms with E-state index in [9.17, 15) is 18.9 Å². The zero-order valence-corrected chi connectivity index (χ0v) is 34.9. The molecule has 8 nitrogen and oxygen atoms in total. The Kier molecular flexibility index (Phi) is 43.7. The molecule has 0 aromatic carbocycles. The molecule has 0 radical (unpaired) electrons. The number of hydrogen-bond acceptors (Lipinski definition) is 8. The molecule has 11 heteroatoms. The number of unbranched alkanes of at least 4 members (excludes halogenated alkanes) is 20. The summed E-state index contributed by atoms with van der Waals surface area (Å²) in [6.07, 6.45) is 26.6. The second kappa shape index (κ2) is 38.2. The minimum absolute atomic E-state index is 0. The summed E-state index contributed by atoms with van der Waals surface area (Å²) >= 11 is 0. The van der Waals surface area contributed by atoms with Gasteiger partial charge in [0.05, 0.1) is 26.4 Å². The van der Waals surface area contributed by atoms with Gasteiger partial charge in [-0.1, -0.05) is 156 Å². The molecule has 0 fully saturated rings. The molecule has 0 rings (SSSR count). The second-order valence-corrected chi connectivity index (χ2v) is 14.1. The van der Waals surface area contributed by atoms with Gasteiger partial charge >= 0.3 is 48.9 Å². The maximum absolute atomic E-state index is 11.5. The van der Waals surface area contributed by atoms with Crippen molar-refractivity contribution in [3.8, 4) is 0 Å². The van der Waals surface area contributed by atoms with E-state index in [1.54, 1.807) is 0 Å². The van der Waals surface area contributed by atoms with Crippen molar-refractivity contribution >= 4 is 64.5 Å². The van der Waals surface area contributed by atoms with Crippen molar-refractivity contribution < 1.29 is 37.0 Å². The van der Waals surface area contributed by atoms with E-state index < -0.39 is 15.6 Å². The van der Waals surface area contributed by atoms with Crippen molar-refractivity contribution in [2.75, 3.05) is 26.4 Å². The third kappa shape index (κ3) is 43.8. The Balaban J connectivity index is -0.000000727. The van der Waals surface area contributed by atoms with Crippen molar-refractivity contribution in [1.82, 2.24) is 0 Å². The summed E-state index contributed by atoms with van der Waals surface area (Å²) in [4.78, 5) is 23.0. The molecule has 0 saturated heterocycles. The Morgan fingerprint density at radius 2 is 0.512 bits per heavy atom. The van der Waals surface area contributed by atoms with Crippen LogP contribution in [0.4, 0.5) is 0 Å². The topological polar surface area (TPSA) is 117 Å². The molecule has 0 amide bonds. The fourth-order valence-corrected chi connectivity index (χ4v) is 5.87. The molecule has 0 aliphatic rings. The predicted octanol–water partition coefficient (Wildman–Crippen LogP) is 10.0. The van der Waals surface area contributed by atoms with Gasteiger partial charge in [0, 0.05) is 0 Å². The van der Waals surface area contributed by atoms with E-state index in [4.69, 9.17) is 18.1 Å². The first-order valence-electron chi connectivity index (χ1n) is 17.4. The van der Waals surface area contributed by atoms with Crippen molar-refractivity contribution in [1.29, 1.82) is 0 Å². The van der Waals surface area contributed by atoms with Crippen LogP contribution in [-0.2, 0) is 27.2 Å². The summed E-state index contributed by atoms with van der Waals surface area (Å²) in [5.74, 6) is 0. The summed E-state index contributed by atoms with van der Waals surface area (Å²) < 4.78 is 42.4. The van der Waals surface area contributed by atoms with Gasteiger partial charge in [-0.3, -0.25) is 9.13 Å². The van der Waals surface area contributed by atoms with E-state index >= 15 is 0 Å². The van der Waals surface area contributed by atoms with Gasteiger partial charge in [-0.05, 0) is 25.7 Å². The molecule has 0 unspecified atom stereocenters. The molecular formula is C32H68BaO8P2. The second-order valence-electron chi connectivity index (χ2n) is 11.3. The Morgan fingerprint density at radius 3 is 0.698 bits per heavy atom. The first kappa shape index (κ1) is 49.2. The SMILES string of the molecule is CCCCCCCCOP(=O)([O-])OCCCCCCCC.CCCCCCCCOP(=O)([O-])OCCCCCCCC.[Ba+2]. The van der Waals surface area contributed by atoms with Gasteiger partial charge in [-0.25, -0.2) is 0 Å². The van der Waals surface area contributed by atoms with Crippen LogP contribution >= 0.6 is 15.6 Å². The average Bonchev–Trinajstić information content (AvgIpc) is 2.95. The number of rotatable bonds is 32. The van der Waals surface area contributed by atoms with Gasteiger partial charge in [0.2, 0.25) is 0 Å². The van der Waals surface area contributed by atoms with E-state index in [1.165, 1.54) is 77.0 Å². The molecule has 0 aliphatic carbocycles. The van der Waals surface area contributed by atoms with Crippen LogP contribution in [0.1, 0.15) is 182 Å². The summed E-state index contributed by atoms with van der Waals surface area (Å²) in [6.45, 7) is 9.73. The molecule has 0 aromatic heterocycles. The zero-order chi connectivity index (χ0) is 31.6. The Bertz CT molecular complexity index is 532. The van der Waals surface area contributed by atoms with Crippen LogP contribution < -0.4 is 9.79 Å². The third-order valence-corrected chi connectivity index (χ3v) is 8.98. The summed E-state index contributed by atoms with van der Waals surface area (Å²) in [5.41, 5.74) is 0. The van der Waals surface area contributed by atoms with Gasteiger partial charge in [0.1, 0.15) is 0 Å². The van der Waals surface area contributed by atoms with E-state index in [0.717, 1.165) is 77.0 Å². The fourth-order valence-electron chi connectivity index (χ4n) is 4.31. The quantitative estimate of drug-likeness (QED) is 0.0376. The van der Waals surface area contributed by atoms with Gasteiger partial charge in [0.25, 0.3) is 15.6 Å². The van der Waals surface area contributed by atoms with Crippen molar-refractivity contribution in [2.24, 2.45) is 0 Å². The van der Waals surface area contributed by atoms with Gasteiger partial charge in [-0.2, -0.15) is 0 Å². The molecule has 0 aromatic rings. The van der Waals surface area contributed by atoms with E-state index in [1.807, 2.05) is 0 Å². The van der Waals surface area contributed by atoms with Crippen molar-refractivity contribution in [3.05, 3.63) is 0 Å². The monoisotopic (exact) mass is 780 g/mol. The molecule has 0 aliphatic heterocycles. The van der Waals surface area contributed by atoms with Crippen molar-refractivity contribution in [3.63, 3.8) is 0 Å². The number of phosphoric acid groups is 2. The van der Waals surface area contributed by atoms with Crippen LogP contribution in [0.3, 0.4) is 0 Å². The summed E-state index contributed by atoms with van der Waals surface area (Å²) in [6, 6.07) is 0. The molecule has 0 saturated carbocycles. The molecule has 0 N–H and O–H groups in total. The standard InChI is InChI=1S/2C16H35O4P.Ba/c2*1-3-5-7-9-11-13-15-19-21(17,18)20-16-14-12-10-8-6-4-2;/h2*3-16H2,1-2H3,(H,17,18);/q;;+2/p-2. The number of phosphoric ester groups is 2. The zero-order valence-electron chi connectivity index (χ0n) is 28.7. The number of hydrogen-bond donors (Lipinski definition) is 0. The van der Waals surface area contributed by atoms with Crippen LogP contribution in [0.2, 0.25) is 0 Å². The van der Waals surface area contributed by atoms with Gasteiger partial charge in [0.15, 0.2) is 0 Å². The smallest absolute Gasteiger partial charge is 0.756 e. The van der Waals surface area contributed by atoms with E-state index in [2.05, 4.69) is 27.7 Å². The molecule has 0 atom stereocenters. The normalized spacial score (nSPS) is 11.7. The Labute approximate surface area is 307 Å². The summed E-state index contributed by atoms with van der Waals surface area (Å²) in [7, 11) is -8.13. The summed E-state index contributed by atoms with van der Waals surface area (Å²) in [5, 5.41) is 0. The molecule has 0 bridgehead atoms. The first-order chi connectivity index (χ1) is 20.2. The third-order valence-electron chi connectivity index (χ3n) is 6.99. The Hall–Kier alpha value is 1.79. The van der Waals surface area contributed by atoms with E-state index in [-0.39, 0.29) is 75.3 Å².